The number of methoxy groups -OCH3 is 2. The smallest absolute Gasteiger partial charge is 0.234 e. The zero-order valence-electron chi connectivity index (χ0n) is 16.6. The van der Waals surface area contributed by atoms with Crippen LogP contribution in [0.3, 0.4) is 0 Å². The highest BCUT2D eigenvalue weighted by Crippen LogP contribution is 2.30. The van der Waals surface area contributed by atoms with E-state index in [-0.39, 0.29) is 11.7 Å². The Labute approximate surface area is 169 Å². The first-order valence-electron chi connectivity index (χ1n) is 9.11. The standard InChI is InChI=1S/C21H25N3O3S/c1-14(2)12-24-18-8-6-5-7-16(18)23-21(24)28-13-20(25)22-17-11-15(26-3)9-10-19(17)27-4/h5-11,14H,12-13H2,1-4H3,(H,22,25). The molecule has 0 aliphatic heterocycles. The van der Waals surface area contributed by atoms with Gasteiger partial charge in [-0.05, 0) is 30.2 Å². The van der Waals surface area contributed by atoms with Crippen molar-refractivity contribution >= 4 is 34.4 Å². The molecule has 0 radical (unpaired) electrons. The number of aromatic nitrogens is 2. The van der Waals surface area contributed by atoms with E-state index in [1.165, 1.54) is 11.8 Å². The molecule has 28 heavy (non-hydrogen) atoms. The maximum atomic E-state index is 12.5. The van der Waals surface area contributed by atoms with E-state index in [2.05, 4.69) is 29.8 Å². The number of imidazole rings is 1. The van der Waals surface area contributed by atoms with Crippen molar-refractivity contribution in [3.05, 3.63) is 42.5 Å². The molecule has 6 nitrogen and oxygen atoms in total. The fraction of sp³-hybridized carbons (Fsp3) is 0.333. The van der Waals surface area contributed by atoms with Crippen molar-refractivity contribution in [2.45, 2.75) is 25.5 Å². The van der Waals surface area contributed by atoms with Crippen molar-refractivity contribution in [3.8, 4) is 11.5 Å². The molecule has 1 amide bonds. The Morgan fingerprint density at radius 3 is 2.68 bits per heavy atom. The van der Waals surface area contributed by atoms with Gasteiger partial charge >= 0.3 is 0 Å². The summed E-state index contributed by atoms with van der Waals surface area (Å²) >= 11 is 1.43. The lowest BCUT2D eigenvalue weighted by Gasteiger charge is -2.13. The first kappa shape index (κ1) is 20.1. The van der Waals surface area contributed by atoms with Crippen LogP contribution in [0, 0.1) is 5.92 Å². The largest absolute Gasteiger partial charge is 0.497 e. The molecule has 0 atom stereocenters. The number of hydrogen-bond acceptors (Lipinski definition) is 5. The van der Waals surface area contributed by atoms with Gasteiger partial charge in [0.1, 0.15) is 11.5 Å². The van der Waals surface area contributed by atoms with Gasteiger partial charge in [-0.3, -0.25) is 4.79 Å². The molecule has 1 heterocycles. The van der Waals surface area contributed by atoms with Crippen molar-refractivity contribution in [3.63, 3.8) is 0 Å². The van der Waals surface area contributed by atoms with E-state index in [0.717, 1.165) is 22.7 Å². The van der Waals surface area contributed by atoms with E-state index in [1.54, 1.807) is 32.4 Å². The number of amides is 1. The molecule has 3 aromatic rings. The van der Waals surface area contributed by atoms with Gasteiger partial charge in [0.05, 0.1) is 36.7 Å². The lowest BCUT2D eigenvalue weighted by molar-refractivity contribution is -0.113. The fourth-order valence-corrected chi connectivity index (χ4v) is 3.76. The fourth-order valence-electron chi connectivity index (χ4n) is 2.93. The van der Waals surface area contributed by atoms with Gasteiger partial charge in [-0.2, -0.15) is 0 Å². The van der Waals surface area contributed by atoms with Gasteiger partial charge in [0.25, 0.3) is 0 Å². The number of anilines is 1. The number of benzene rings is 2. The molecule has 3 rings (SSSR count). The topological polar surface area (TPSA) is 65.4 Å². The van der Waals surface area contributed by atoms with Gasteiger partial charge < -0.3 is 19.4 Å². The number of rotatable bonds is 8. The summed E-state index contributed by atoms with van der Waals surface area (Å²) in [7, 11) is 3.16. The van der Waals surface area contributed by atoms with Crippen LogP contribution in [0.4, 0.5) is 5.69 Å². The Morgan fingerprint density at radius 2 is 1.96 bits per heavy atom. The number of carbonyl (C=O) groups is 1. The number of para-hydroxylation sites is 2. The van der Waals surface area contributed by atoms with Crippen LogP contribution in [0.5, 0.6) is 11.5 Å². The molecular formula is C21H25N3O3S. The van der Waals surface area contributed by atoms with Crippen LogP contribution in [-0.4, -0.2) is 35.4 Å². The van der Waals surface area contributed by atoms with E-state index >= 15 is 0 Å². The van der Waals surface area contributed by atoms with E-state index in [4.69, 9.17) is 14.5 Å². The molecule has 0 aliphatic carbocycles. The summed E-state index contributed by atoms with van der Waals surface area (Å²) in [5.74, 6) is 1.85. The van der Waals surface area contributed by atoms with Crippen molar-refractivity contribution in [1.29, 1.82) is 0 Å². The van der Waals surface area contributed by atoms with Crippen molar-refractivity contribution in [1.82, 2.24) is 9.55 Å². The van der Waals surface area contributed by atoms with E-state index < -0.39 is 0 Å². The normalized spacial score (nSPS) is 11.0. The maximum Gasteiger partial charge on any atom is 0.234 e. The summed E-state index contributed by atoms with van der Waals surface area (Å²) < 4.78 is 12.7. The third-order valence-corrected chi connectivity index (χ3v) is 5.16. The lowest BCUT2D eigenvalue weighted by atomic mass is 10.2. The van der Waals surface area contributed by atoms with Crippen LogP contribution in [0.2, 0.25) is 0 Å². The lowest BCUT2D eigenvalue weighted by Crippen LogP contribution is -2.15. The van der Waals surface area contributed by atoms with Gasteiger partial charge in [-0.25, -0.2) is 4.98 Å². The van der Waals surface area contributed by atoms with Crippen molar-refractivity contribution in [2.75, 3.05) is 25.3 Å². The summed E-state index contributed by atoms with van der Waals surface area (Å²) in [4.78, 5) is 17.2. The molecule has 0 spiro atoms. The molecular weight excluding hydrogens is 374 g/mol. The Balaban J connectivity index is 1.75. The van der Waals surface area contributed by atoms with Crippen LogP contribution in [0.25, 0.3) is 11.0 Å². The minimum absolute atomic E-state index is 0.125. The first-order chi connectivity index (χ1) is 13.5. The molecule has 1 aromatic heterocycles. The van der Waals surface area contributed by atoms with Gasteiger partial charge in [0.15, 0.2) is 5.16 Å². The SMILES string of the molecule is COc1ccc(OC)c(NC(=O)CSc2nc3ccccc3n2CC(C)C)c1. The molecule has 2 aromatic carbocycles. The second-order valence-corrected chi connectivity index (χ2v) is 7.73. The minimum atomic E-state index is -0.125. The zero-order valence-corrected chi connectivity index (χ0v) is 17.4. The van der Waals surface area contributed by atoms with E-state index in [1.807, 2.05) is 18.2 Å². The highest BCUT2D eigenvalue weighted by atomic mass is 32.2. The molecule has 0 unspecified atom stereocenters. The van der Waals surface area contributed by atoms with Gasteiger partial charge in [-0.15, -0.1) is 0 Å². The van der Waals surface area contributed by atoms with E-state index in [0.29, 0.717) is 23.1 Å². The average molecular weight is 400 g/mol. The van der Waals surface area contributed by atoms with Crippen molar-refractivity contribution < 1.29 is 14.3 Å². The Bertz CT molecular complexity index is 969. The number of hydrogen-bond donors (Lipinski definition) is 1. The predicted molar refractivity (Wildman–Crippen MR) is 113 cm³/mol. The first-order valence-corrected chi connectivity index (χ1v) is 10.1. The molecule has 148 valence electrons. The summed E-state index contributed by atoms with van der Waals surface area (Å²) in [6, 6.07) is 13.4. The van der Waals surface area contributed by atoms with Gasteiger partial charge in [-0.1, -0.05) is 37.7 Å². The third-order valence-electron chi connectivity index (χ3n) is 4.18. The molecule has 0 aliphatic rings. The summed E-state index contributed by atoms with van der Waals surface area (Å²) in [5, 5.41) is 3.75. The number of fused-ring (bicyclic) bond motifs is 1. The Kier molecular flexibility index (Phi) is 6.46. The van der Waals surface area contributed by atoms with Crippen molar-refractivity contribution in [2.24, 2.45) is 5.92 Å². The summed E-state index contributed by atoms with van der Waals surface area (Å²) in [5.41, 5.74) is 2.62. The Morgan fingerprint density at radius 1 is 1.18 bits per heavy atom. The number of nitrogens with one attached hydrogen (secondary N) is 1. The maximum absolute atomic E-state index is 12.5. The molecule has 0 fully saturated rings. The number of nitrogens with zero attached hydrogens (tertiary/aromatic N) is 2. The third kappa shape index (κ3) is 4.59. The average Bonchev–Trinajstić information content (AvgIpc) is 3.03. The quantitative estimate of drug-likeness (QED) is 0.567. The second-order valence-electron chi connectivity index (χ2n) is 6.79. The van der Waals surface area contributed by atoms with Crippen LogP contribution >= 0.6 is 11.8 Å². The van der Waals surface area contributed by atoms with Crippen LogP contribution in [0.1, 0.15) is 13.8 Å². The molecule has 0 saturated heterocycles. The number of thioether (sulfide) groups is 1. The molecule has 0 bridgehead atoms. The Hall–Kier alpha value is -2.67. The van der Waals surface area contributed by atoms with Crippen LogP contribution in [-0.2, 0) is 11.3 Å². The predicted octanol–water partition coefficient (Wildman–Crippen LogP) is 4.44. The second kappa shape index (κ2) is 9.01. The zero-order chi connectivity index (χ0) is 20.1. The summed E-state index contributed by atoms with van der Waals surface area (Å²) in [6.07, 6.45) is 0. The summed E-state index contributed by atoms with van der Waals surface area (Å²) in [6.45, 7) is 5.20. The monoisotopic (exact) mass is 399 g/mol. The van der Waals surface area contributed by atoms with Crippen LogP contribution < -0.4 is 14.8 Å². The molecule has 1 N–H and O–H groups in total. The van der Waals surface area contributed by atoms with Crippen LogP contribution in [0.15, 0.2) is 47.6 Å². The number of ether oxygens (including phenoxy) is 2. The van der Waals surface area contributed by atoms with E-state index in [9.17, 15) is 4.79 Å². The number of carbonyl (C=O) groups excluding carboxylic acids is 1. The van der Waals surface area contributed by atoms with Gasteiger partial charge in [0, 0.05) is 12.6 Å². The highest BCUT2D eigenvalue weighted by molar-refractivity contribution is 7.99. The van der Waals surface area contributed by atoms with Gasteiger partial charge in [0.2, 0.25) is 5.91 Å². The highest BCUT2D eigenvalue weighted by Gasteiger charge is 2.15. The minimum Gasteiger partial charge on any atom is -0.497 e. The molecule has 0 saturated carbocycles. The molecule has 7 heteroatoms.